The molecule has 0 spiro atoms. The number of nitrogens with one attached hydrogen (secondary N) is 1. The van der Waals surface area contributed by atoms with Crippen molar-refractivity contribution in [2.75, 3.05) is 18.6 Å². The van der Waals surface area contributed by atoms with Crippen molar-refractivity contribution in [1.29, 1.82) is 0 Å². The van der Waals surface area contributed by atoms with Gasteiger partial charge in [-0.05, 0) is 61.8 Å². The lowest BCUT2D eigenvalue weighted by atomic mass is 10.2. The highest BCUT2D eigenvalue weighted by Gasteiger charge is 2.20. The summed E-state index contributed by atoms with van der Waals surface area (Å²) in [6.45, 7) is 2.55. The first-order chi connectivity index (χ1) is 16.2. The molecule has 4 aromatic rings. The Hall–Kier alpha value is -3.40. The summed E-state index contributed by atoms with van der Waals surface area (Å²) in [5.74, 6) is 3.21. The third-order valence-electron chi connectivity index (χ3n) is 5.06. The number of thioether (sulfide) groups is 1. The number of fused-ring (bicyclic) bond motifs is 1. The normalized spacial score (nSPS) is 12.1. The molecule has 0 saturated heterocycles. The average Bonchev–Trinajstić information content (AvgIpc) is 3.49. The number of hydrogen-bond donors (Lipinski definition) is 1. The maximum absolute atomic E-state index is 12.7. The number of amides is 1. The molecule has 0 aliphatic carbocycles. The van der Waals surface area contributed by atoms with Crippen molar-refractivity contribution >= 4 is 23.3 Å². The van der Waals surface area contributed by atoms with Crippen LogP contribution in [0.1, 0.15) is 37.5 Å². The van der Waals surface area contributed by atoms with Crippen LogP contribution < -0.4 is 10.1 Å². The Morgan fingerprint density at radius 1 is 1.21 bits per heavy atom. The van der Waals surface area contributed by atoms with Gasteiger partial charge in [0.2, 0.25) is 17.6 Å². The van der Waals surface area contributed by atoms with Crippen LogP contribution in [0.2, 0.25) is 0 Å². The van der Waals surface area contributed by atoms with Crippen LogP contribution in [-0.2, 0) is 11.2 Å². The summed E-state index contributed by atoms with van der Waals surface area (Å²) < 4.78 is 12.7. The Bertz CT molecular complexity index is 1190. The van der Waals surface area contributed by atoms with Crippen LogP contribution in [0.5, 0.6) is 5.75 Å². The first-order valence-electron chi connectivity index (χ1n) is 10.8. The Morgan fingerprint density at radius 3 is 2.85 bits per heavy atom. The summed E-state index contributed by atoms with van der Waals surface area (Å²) >= 11 is 1.72. The average molecular weight is 467 g/mol. The Morgan fingerprint density at radius 2 is 2.06 bits per heavy atom. The molecule has 33 heavy (non-hydrogen) atoms. The Balaban J connectivity index is 1.37. The second-order valence-electron chi connectivity index (χ2n) is 7.36. The van der Waals surface area contributed by atoms with Gasteiger partial charge in [-0.25, -0.2) is 0 Å². The molecule has 1 atom stereocenters. The second-order valence-corrected chi connectivity index (χ2v) is 8.34. The number of benzene rings is 1. The third-order valence-corrected chi connectivity index (χ3v) is 5.70. The van der Waals surface area contributed by atoms with Crippen LogP contribution in [-0.4, -0.2) is 49.3 Å². The monoisotopic (exact) mass is 466 g/mol. The Labute approximate surface area is 195 Å². The zero-order valence-electron chi connectivity index (χ0n) is 18.6. The minimum Gasteiger partial charge on any atom is -0.494 e. The van der Waals surface area contributed by atoms with E-state index in [1.54, 1.807) is 11.8 Å². The van der Waals surface area contributed by atoms with E-state index in [-0.39, 0.29) is 18.4 Å². The molecule has 0 saturated carbocycles. The van der Waals surface area contributed by atoms with Crippen LogP contribution in [0.3, 0.4) is 0 Å². The van der Waals surface area contributed by atoms with E-state index >= 15 is 0 Å². The molecule has 9 nitrogen and oxygen atoms in total. The maximum atomic E-state index is 12.7. The fourth-order valence-electron chi connectivity index (χ4n) is 3.43. The van der Waals surface area contributed by atoms with Gasteiger partial charge in [-0.15, -0.1) is 10.2 Å². The summed E-state index contributed by atoms with van der Waals surface area (Å²) in [5, 5.41) is 15.7. The van der Waals surface area contributed by atoms with Crippen molar-refractivity contribution in [2.24, 2.45) is 0 Å². The summed E-state index contributed by atoms with van der Waals surface area (Å²) in [7, 11) is 0. The fraction of sp³-hybridized carbons (Fsp3) is 0.348. The standard InChI is InChI=1S/C23H26N6O3S/c1-3-31-17-9-7-16(8-10-17)22-25-21(32-28-22)12-11-20(30)24-18(13-15-33-2)23-27-26-19-6-4-5-14-29(19)23/h4-10,14,18H,3,11-13,15H2,1-2H3,(H,24,30). The number of aryl methyl sites for hydroxylation is 1. The number of rotatable bonds is 11. The van der Waals surface area contributed by atoms with Crippen molar-refractivity contribution in [3.8, 4) is 17.1 Å². The van der Waals surface area contributed by atoms with Gasteiger partial charge >= 0.3 is 0 Å². The number of carbonyl (C=O) groups is 1. The fourth-order valence-corrected chi connectivity index (χ4v) is 3.90. The van der Waals surface area contributed by atoms with Crippen molar-refractivity contribution in [3.63, 3.8) is 0 Å². The first kappa shape index (κ1) is 22.8. The van der Waals surface area contributed by atoms with Crippen LogP contribution in [0, 0.1) is 0 Å². The lowest BCUT2D eigenvalue weighted by molar-refractivity contribution is -0.122. The van der Waals surface area contributed by atoms with E-state index < -0.39 is 0 Å². The molecule has 1 N–H and O–H groups in total. The molecular weight excluding hydrogens is 440 g/mol. The zero-order valence-corrected chi connectivity index (χ0v) is 19.4. The highest BCUT2D eigenvalue weighted by molar-refractivity contribution is 7.98. The maximum Gasteiger partial charge on any atom is 0.227 e. The molecule has 4 rings (SSSR count). The van der Waals surface area contributed by atoms with E-state index in [1.165, 1.54) is 0 Å². The van der Waals surface area contributed by atoms with Crippen molar-refractivity contribution in [1.82, 2.24) is 30.1 Å². The number of aromatic nitrogens is 5. The van der Waals surface area contributed by atoms with Gasteiger partial charge in [-0.2, -0.15) is 16.7 Å². The van der Waals surface area contributed by atoms with Gasteiger partial charge in [-0.3, -0.25) is 9.20 Å². The van der Waals surface area contributed by atoms with Crippen LogP contribution in [0.4, 0.5) is 0 Å². The van der Waals surface area contributed by atoms with Gasteiger partial charge in [-0.1, -0.05) is 11.2 Å². The molecular formula is C23H26N6O3S. The van der Waals surface area contributed by atoms with E-state index in [2.05, 4.69) is 25.7 Å². The van der Waals surface area contributed by atoms with Gasteiger partial charge in [0.1, 0.15) is 5.75 Å². The third kappa shape index (κ3) is 5.70. The van der Waals surface area contributed by atoms with Crippen LogP contribution in [0.15, 0.2) is 53.2 Å². The highest BCUT2D eigenvalue weighted by atomic mass is 32.2. The molecule has 1 aromatic carbocycles. The molecule has 1 amide bonds. The van der Waals surface area contributed by atoms with Crippen LogP contribution >= 0.6 is 11.8 Å². The summed E-state index contributed by atoms with van der Waals surface area (Å²) in [6.07, 6.45) is 5.29. The summed E-state index contributed by atoms with van der Waals surface area (Å²) in [4.78, 5) is 17.1. The summed E-state index contributed by atoms with van der Waals surface area (Å²) in [5.41, 5.74) is 1.58. The molecule has 10 heteroatoms. The van der Waals surface area contributed by atoms with Gasteiger partial charge in [0, 0.05) is 24.6 Å². The molecule has 172 valence electrons. The molecule has 0 aliphatic rings. The minimum absolute atomic E-state index is 0.102. The van der Waals surface area contributed by atoms with E-state index in [0.717, 1.165) is 35.0 Å². The predicted molar refractivity (Wildman–Crippen MR) is 126 cm³/mol. The van der Waals surface area contributed by atoms with Crippen molar-refractivity contribution in [2.45, 2.75) is 32.2 Å². The Kier molecular flexibility index (Phi) is 7.56. The molecule has 0 bridgehead atoms. The number of carbonyl (C=O) groups excluding carboxylic acids is 1. The molecule has 3 aromatic heterocycles. The topological polar surface area (TPSA) is 107 Å². The van der Waals surface area contributed by atoms with E-state index in [9.17, 15) is 4.79 Å². The van der Waals surface area contributed by atoms with Gasteiger partial charge in [0.05, 0.1) is 12.6 Å². The second kappa shape index (κ2) is 11.0. The van der Waals surface area contributed by atoms with E-state index in [4.69, 9.17) is 9.26 Å². The van der Waals surface area contributed by atoms with E-state index in [0.29, 0.717) is 24.7 Å². The largest absolute Gasteiger partial charge is 0.494 e. The predicted octanol–water partition coefficient (Wildman–Crippen LogP) is 3.72. The van der Waals surface area contributed by atoms with Crippen LogP contribution in [0.25, 0.3) is 17.0 Å². The number of ether oxygens (including phenoxy) is 1. The van der Waals surface area contributed by atoms with Crippen molar-refractivity contribution in [3.05, 3.63) is 60.4 Å². The molecule has 3 heterocycles. The van der Waals surface area contributed by atoms with Gasteiger partial charge in [0.25, 0.3) is 0 Å². The quantitative estimate of drug-likeness (QED) is 0.356. The van der Waals surface area contributed by atoms with Crippen molar-refractivity contribution < 1.29 is 14.1 Å². The molecule has 0 radical (unpaired) electrons. The van der Waals surface area contributed by atoms with E-state index in [1.807, 2.05) is 66.2 Å². The minimum atomic E-state index is -0.232. The molecule has 0 aliphatic heterocycles. The SMILES string of the molecule is CCOc1ccc(-c2noc(CCC(=O)NC(CCSC)c3nnc4ccccn34)n2)cc1. The zero-order chi connectivity index (χ0) is 23.0. The van der Waals surface area contributed by atoms with Gasteiger partial charge < -0.3 is 14.6 Å². The van der Waals surface area contributed by atoms with Gasteiger partial charge in [0.15, 0.2) is 11.5 Å². The lowest BCUT2D eigenvalue weighted by Crippen LogP contribution is -2.30. The lowest BCUT2D eigenvalue weighted by Gasteiger charge is -2.16. The number of nitrogens with zero attached hydrogens (tertiary/aromatic N) is 5. The highest BCUT2D eigenvalue weighted by Crippen LogP contribution is 2.21. The number of pyridine rings is 1. The number of hydrogen-bond acceptors (Lipinski definition) is 8. The summed E-state index contributed by atoms with van der Waals surface area (Å²) in [6, 6.07) is 13.0. The molecule has 1 unspecified atom stereocenters. The smallest absolute Gasteiger partial charge is 0.227 e. The first-order valence-corrected chi connectivity index (χ1v) is 12.2. The molecule has 0 fully saturated rings.